The largest absolute Gasteiger partial charge is 0.484 e. The van der Waals surface area contributed by atoms with Crippen molar-refractivity contribution in [3.05, 3.63) is 52.5 Å². The van der Waals surface area contributed by atoms with E-state index < -0.39 is 0 Å². The van der Waals surface area contributed by atoms with E-state index in [2.05, 4.69) is 10.6 Å². The molecule has 1 atom stereocenters. The molecule has 1 heterocycles. The summed E-state index contributed by atoms with van der Waals surface area (Å²) in [6.07, 6.45) is 1.05. The van der Waals surface area contributed by atoms with Crippen molar-refractivity contribution in [2.45, 2.75) is 19.8 Å². The molecule has 7 nitrogen and oxygen atoms in total. The average Bonchev–Trinajstić information content (AvgIpc) is 3.14. The summed E-state index contributed by atoms with van der Waals surface area (Å²) in [6, 6.07) is 11.6. The fourth-order valence-electron chi connectivity index (χ4n) is 3.17. The second-order valence-electron chi connectivity index (χ2n) is 7.15. The number of hydrogen-bond acceptors (Lipinski definition) is 4. The molecule has 1 aliphatic heterocycles. The number of anilines is 2. The van der Waals surface area contributed by atoms with Crippen molar-refractivity contribution in [1.29, 1.82) is 0 Å². The van der Waals surface area contributed by atoms with Crippen molar-refractivity contribution in [3.63, 3.8) is 0 Å². The molecule has 164 valence electrons. The molecule has 0 bridgehead atoms. The number of carbonyl (C=O) groups is 3. The van der Waals surface area contributed by atoms with Crippen LogP contribution in [0.2, 0.25) is 10.0 Å². The number of benzene rings is 2. The number of carbonyl (C=O) groups excluding carboxylic acids is 3. The standard InChI is InChI=1S/C22H23Cl2N3O4/c1-2-9-25-22(30)14-10-21(29)27(12-14)16-4-6-17(7-5-16)31-13-20(28)26-19-8-3-15(23)11-18(19)24/h3-8,11,14H,2,9-10,12-13H2,1H3,(H,25,30)(H,26,28). The number of hydrogen-bond donors (Lipinski definition) is 2. The highest BCUT2D eigenvalue weighted by Crippen LogP contribution is 2.27. The fraction of sp³-hybridized carbons (Fsp3) is 0.318. The third-order valence-electron chi connectivity index (χ3n) is 4.77. The molecule has 31 heavy (non-hydrogen) atoms. The second kappa shape index (κ2) is 10.5. The van der Waals surface area contributed by atoms with Crippen molar-refractivity contribution < 1.29 is 19.1 Å². The Hall–Kier alpha value is -2.77. The first-order chi connectivity index (χ1) is 14.9. The van der Waals surface area contributed by atoms with E-state index in [1.165, 1.54) is 6.07 Å². The molecular formula is C22H23Cl2N3O4. The Labute approximate surface area is 190 Å². The van der Waals surface area contributed by atoms with Crippen LogP contribution in [0.25, 0.3) is 0 Å². The maximum atomic E-state index is 12.3. The maximum Gasteiger partial charge on any atom is 0.262 e. The molecule has 0 spiro atoms. The van der Waals surface area contributed by atoms with Crippen LogP contribution >= 0.6 is 23.2 Å². The van der Waals surface area contributed by atoms with E-state index in [0.717, 1.165) is 6.42 Å². The molecule has 9 heteroatoms. The molecule has 0 aromatic heterocycles. The van der Waals surface area contributed by atoms with Gasteiger partial charge in [-0.2, -0.15) is 0 Å². The van der Waals surface area contributed by atoms with Gasteiger partial charge in [0.1, 0.15) is 5.75 Å². The molecule has 0 saturated carbocycles. The second-order valence-corrected chi connectivity index (χ2v) is 7.99. The summed E-state index contributed by atoms with van der Waals surface area (Å²) in [6.45, 7) is 2.72. The van der Waals surface area contributed by atoms with Crippen LogP contribution in [0.3, 0.4) is 0 Å². The zero-order valence-electron chi connectivity index (χ0n) is 17.0. The average molecular weight is 464 g/mol. The third kappa shape index (κ3) is 6.12. The van der Waals surface area contributed by atoms with Gasteiger partial charge in [-0.1, -0.05) is 30.1 Å². The van der Waals surface area contributed by atoms with E-state index in [0.29, 0.717) is 40.3 Å². The van der Waals surface area contributed by atoms with Crippen molar-refractivity contribution in [1.82, 2.24) is 5.32 Å². The lowest BCUT2D eigenvalue weighted by Gasteiger charge is -2.17. The van der Waals surface area contributed by atoms with Gasteiger partial charge in [-0.25, -0.2) is 0 Å². The van der Waals surface area contributed by atoms with Gasteiger partial charge in [0.25, 0.3) is 5.91 Å². The lowest BCUT2D eigenvalue weighted by atomic mass is 10.1. The predicted octanol–water partition coefficient (Wildman–Crippen LogP) is 3.89. The predicted molar refractivity (Wildman–Crippen MR) is 121 cm³/mol. The van der Waals surface area contributed by atoms with Gasteiger partial charge in [0.2, 0.25) is 11.8 Å². The fourth-order valence-corrected chi connectivity index (χ4v) is 3.63. The van der Waals surface area contributed by atoms with Crippen LogP contribution in [-0.4, -0.2) is 37.4 Å². The van der Waals surface area contributed by atoms with Crippen LogP contribution in [0, 0.1) is 5.92 Å². The molecule has 2 aromatic rings. The van der Waals surface area contributed by atoms with Crippen LogP contribution < -0.4 is 20.3 Å². The number of nitrogens with one attached hydrogen (secondary N) is 2. The minimum atomic E-state index is -0.371. The topological polar surface area (TPSA) is 87.7 Å². The highest BCUT2D eigenvalue weighted by Gasteiger charge is 2.34. The van der Waals surface area contributed by atoms with Crippen molar-refractivity contribution in [2.75, 3.05) is 29.9 Å². The zero-order chi connectivity index (χ0) is 22.4. The van der Waals surface area contributed by atoms with Gasteiger partial charge in [-0.15, -0.1) is 0 Å². The minimum absolute atomic E-state index is 0.0930. The molecule has 2 aromatic carbocycles. The molecule has 3 amide bonds. The molecule has 0 aliphatic carbocycles. The molecule has 1 unspecified atom stereocenters. The summed E-state index contributed by atoms with van der Waals surface area (Å²) in [5.74, 6) is -0.429. The molecule has 1 aliphatic rings. The molecule has 3 rings (SSSR count). The molecule has 1 fully saturated rings. The Morgan fingerprint density at radius 3 is 2.58 bits per heavy atom. The van der Waals surface area contributed by atoms with Crippen LogP contribution in [0.1, 0.15) is 19.8 Å². The van der Waals surface area contributed by atoms with E-state index >= 15 is 0 Å². The summed E-state index contributed by atoms with van der Waals surface area (Å²) in [5, 5.41) is 6.30. The van der Waals surface area contributed by atoms with Gasteiger partial charge in [-0.05, 0) is 48.9 Å². The maximum absolute atomic E-state index is 12.3. The Bertz CT molecular complexity index is 966. The lowest BCUT2D eigenvalue weighted by Crippen LogP contribution is -2.33. The Balaban J connectivity index is 1.52. The Morgan fingerprint density at radius 2 is 1.90 bits per heavy atom. The monoisotopic (exact) mass is 463 g/mol. The van der Waals surface area contributed by atoms with Gasteiger partial charge >= 0.3 is 0 Å². The highest BCUT2D eigenvalue weighted by atomic mass is 35.5. The first kappa shape index (κ1) is 22.9. The van der Waals surface area contributed by atoms with Crippen LogP contribution in [0.15, 0.2) is 42.5 Å². The van der Waals surface area contributed by atoms with E-state index in [-0.39, 0.29) is 36.7 Å². The summed E-state index contributed by atoms with van der Waals surface area (Å²) < 4.78 is 5.50. The highest BCUT2D eigenvalue weighted by molar-refractivity contribution is 6.36. The zero-order valence-corrected chi connectivity index (χ0v) is 18.5. The van der Waals surface area contributed by atoms with Crippen molar-refractivity contribution in [3.8, 4) is 5.75 Å². The summed E-state index contributed by atoms with van der Waals surface area (Å²) in [5.41, 5.74) is 1.13. The van der Waals surface area contributed by atoms with E-state index in [1.54, 1.807) is 41.3 Å². The van der Waals surface area contributed by atoms with Crippen molar-refractivity contribution in [2.24, 2.45) is 5.92 Å². The lowest BCUT2D eigenvalue weighted by molar-refractivity contribution is -0.126. The molecular weight excluding hydrogens is 441 g/mol. The molecule has 0 radical (unpaired) electrons. The first-order valence-corrected chi connectivity index (χ1v) is 10.7. The van der Waals surface area contributed by atoms with E-state index in [4.69, 9.17) is 27.9 Å². The SMILES string of the molecule is CCCNC(=O)C1CC(=O)N(c2ccc(OCC(=O)Nc3ccc(Cl)cc3Cl)cc2)C1. The number of halogens is 2. The summed E-state index contributed by atoms with van der Waals surface area (Å²) in [4.78, 5) is 38.2. The smallest absolute Gasteiger partial charge is 0.262 e. The van der Waals surface area contributed by atoms with E-state index in [9.17, 15) is 14.4 Å². The molecule has 1 saturated heterocycles. The van der Waals surface area contributed by atoms with E-state index in [1.807, 2.05) is 6.92 Å². The van der Waals surface area contributed by atoms with Crippen molar-refractivity contribution >= 4 is 52.3 Å². The summed E-state index contributed by atoms with van der Waals surface area (Å²) in [7, 11) is 0. The van der Waals surface area contributed by atoms with Gasteiger partial charge in [-0.3, -0.25) is 14.4 Å². The number of amides is 3. The number of nitrogens with zero attached hydrogens (tertiary/aromatic N) is 1. The number of rotatable bonds is 8. The minimum Gasteiger partial charge on any atom is -0.484 e. The van der Waals surface area contributed by atoms with Crippen LogP contribution in [0.4, 0.5) is 11.4 Å². The summed E-state index contributed by atoms with van der Waals surface area (Å²) >= 11 is 11.9. The van der Waals surface area contributed by atoms with Crippen LogP contribution in [-0.2, 0) is 14.4 Å². The third-order valence-corrected chi connectivity index (χ3v) is 5.32. The number of ether oxygens (including phenoxy) is 1. The van der Waals surface area contributed by atoms with Gasteiger partial charge in [0, 0.05) is 30.2 Å². The Kier molecular flexibility index (Phi) is 7.76. The van der Waals surface area contributed by atoms with Gasteiger partial charge in [0.15, 0.2) is 6.61 Å². The van der Waals surface area contributed by atoms with Gasteiger partial charge in [0.05, 0.1) is 16.6 Å². The normalized spacial score (nSPS) is 15.6. The van der Waals surface area contributed by atoms with Crippen LogP contribution in [0.5, 0.6) is 5.75 Å². The molecule has 2 N–H and O–H groups in total. The van der Waals surface area contributed by atoms with Gasteiger partial charge < -0.3 is 20.3 Å². The first-order valence-electron chi connectivity index (χ1n) is 9.93. The Morgan fingerprint density at radius 1 is 1.16 bits per heavy atom. The quantitative estimate of drug-likeness (QED) is 0.621.